The molecule has 1 amide bonds. The molecular formula is C22H29N3O2. The third-order valence-corrected chi connectivity index (χ3v) is 8.06. The van der Waals surface area contributed by atoms with Crippen LogP contribution >= 0.6 is 0 Å². The van der Waals surface area contributed by atoms with Crippen LogP contribution in [0.1, 0.15) is 84.7 Å². The molecule has 0 aromatic carbocycles. The van der Waals surface area contributed by atoms with Crippen molar-refractivity contribution in [2.45, 2.75) is 68.7 Å². The van der Waals surface area contributed by atoms with Crippen LogP contribution in [0.4, 0.5) is 5.82 Å². The van der Waals surface area contributed by atoms with E-state index >= 15 is 0 Å². The molecule has 5 heteroatoms. The lowest BCUT2D eigenvalue weighted by molar-refractivity contribution is 0.0301. The number of hydrogen-bond donors (Lipinski definition) is 1. The van der Waals surface area contributed by atoms with Gasteiger partial charge in [-0.25, -0.2) is 4.98 Å². The highest BCUT2D eigenvalue weighted by atomic mass is 16.5. The number of hydrogen-bond acceptors (Lipinski definition) is 4. The predicted molar refractivity (Wildman–Crippen MR) is 103 cm³/mol. The van der Waals surface area contributed by atoms with Crippen LogP contribution in [0, 0.1) is 5.92 Å². The summed E-state index contributed by atoms with van der Waals surface area (Å²) < 4.78 is 5.43. The number of morpholine rings is 1. The van der Waals surface area contributed by atoms with E-state index in [1.165, 1.54) is 62.5 Å². The van der Waals surface area contributed by atoms with Gasteiger partial charge in [0.1, 0.15) is 5.82 Å². The van der Waals surface area contributed by atoms with Crippen LogP contribution in [-0.2, 0) is 4.74 Å². The van der Waals surface area contributed by atoms with Crippen molar-refractivity contribution in [3.63, 3.8) is 0 Å². The Hall–Kier alpha value is -1.62. The SMILES string of the molecule is O=C(c1cnc(NC23CCC(CC2)C3)c2c1C1CCC2C1)N1CCOCC1. The summed E-state index contributed by atoms with van der Waals surface area (Å²) in [5.41, 5.74) is 3.89. The van der Waals surface area contributed by atoms with Gasteiger partial charge in [-0.3, -0.25) is 4.79 Å². The number of carbonyl (C=O) groups excluding carboxylic acids is 1. The topological polar surface area (TPSA) is 54.5 Å². The minimum atomic E-state index is 0.168. The van der Waals surface area contributed by atoms with E-state index in [2.05, 4.69) is 5.32 Å². The number of amides is 1. The molecule has 4 fully saturated rings. The molecule has 1 N–H and O–H groups in total. The monoisotopic (exact) mass is 367 g/mol. The van der Waals surface area contributed by atoms with Gasteiger partial charge in [-0.15, -0.1) is 0 Å². The molecular weight excluding hydrogens is 338 g/mol. The van der Waals surface area contributed by atoms with Crippen LogP contribution in [0.5, 0.6) is 0 Å². The maximum atomic E-state index is 13.2. The van der Waals surface area contributed by atoms with Gasteiger partial charge in [0.2, 0.25) is 0 Å². The highest BCUT2D eigenvalue weighted by Crippen LogP contribution is 2.57. The summed E-state index contributed by atoms with van der Waals surface area (Å²) in [4.78, 5) is 20.1. The number of ether oxygens (including phenoxy) is 1. The number of carbonyl (C=O) groups is 1. The molecule has 4 aliphatic carbocycles. The average Bonchev–Trinajstić information content (AvgIpc) is 3.49. The Balaban J connectivity index is 1.37. The number of pyridine rings is 1. The first kappa shape index (κ1) is 16.3. The van der Waals surface area contributed by atoms with Gasteiger partial charge in [-0.1, -0.05) is 0 Å². The van der Waals surface area contributed by atoms with Crippen LogP contribution in [0.25, 0.3) is 0 Å². The molecule has 2 atom stereocenters. The highest BCUT2D eigenvalue weighted by molar-refractivity contribution is 5.97. The molecule has 2 unspecified atom stereocenters. The summed E-state index contributed by atoms with van der Waals surface area (Å²) in [6.07, 6.45) is 12.2. The fourth-order valence-electron chi connectivity index (χ4n) is 6.72. The molecule has 5 nitrogen and oxygen atoms in total. The Morgan fingerprint density at radius 1 is 1.11 bits per heavy atom. The van der Waals surface area contributed by atoms with Crippen LogP contribution < -0.4 is 5.32 Å². The van der Waals surface area contributed by atoms with Crippen molar-refractivity contribution >= 4 is 11.7 Å². The van der Waals surface area contributed by atoms with Gasteiger partial charge in [-0.05, 0) is 74.7 Å². The number of fused-ring (bicyclic) bond motifs is 7. The van der Waals surface area contributed by atoms with E-state index in [1.54, 1.807) is 0 Å². The molecule has 0 radical (unpaired) electrons. The van der Waals surface area contributed by atoms with Crippen molar-refractivity contribution in [1.82, 2.24) is 9.88 Å². The van der Waals surface area contributed by atoms with E-state index in [-0.39, 0.29) is 11.4 Å². The molecule has 1 saturated heterocycles. The summed E-state index contributed by atoms with van der Waals surface area (Å²) >= 11 is 0. The minimum Gasteiger partial charge on any atom is -0.378 e. The van der Waals surface area contributed by atoms with Gasteiger partial charge in [0.15, 0.2) is 0 Å². The van der Waals surface area contributed by atoms with Crippen molar-refractivity contribution in [3.05, 3.63) is 22.9 Å². The van der Waals surface area contributed by atoms with Gasteiger partial charge < -0.3 is 15.0 Å². The molecule has 6 rings (SSSR count). The van der Waals surface area contributed by atoms with Crippen molar-refractivity contribution in [3.8, 4) is 0 Å². The first-order chi connectivity index (χ1) is 13.2. The molecule has 2 heterocycles. The number of anilines is 1. The van der Waals surface area contributed by atoms with Crippen LogP contribution in [0.2, 0.25) is 0 Å². The third-order valence-electron chi connectivity index (χ3n) is 8.06. The Labute approximate surface area is 160 Å². The highest BCUT2D eigenvalue weighted by Gasteiger charge is 2.47. The van der Waals surface area contributed by atoms with Crippen LogP contribution in [0.15, 0.2) is 6.20 Å². The zero-order valence-electron chi connectivity index (χ0n) is 16.0. The largest absolute Gasteiger partial charge is 0.378 e. The second kappa shape index (κ2) is 5.94. The van der Waals surface area contributed by atoms with Crippen molar-refractivity contribution < 1.29 is 9.53 Å². The number of rotatable bonds is 3. The van der Waals surface area contributed by atoms with E-state index in [9.17, 15) is 4.79 Å². The normalized spacial score (nSPS) is 36.3. The first-order valence-corrected chi connectivity index (χ1v) is 10.9. The second-order valence-corrected chi connectivity index (χ2v) is 9.51. The molecule has 4 bridgehead atoms. The zero-order valence-corrected chi connectivity index (χ0v) is 16.0. The Morgan fingerprint density at radius 3 is 2.56 bits per heavy atom. The Morgan fingerprint density at radius 2 is 1.85 bits per heavy atom. The second-order valence-electron chi connectivity index (χ2n) is 9.51. The standard InChI is InChI=1S/C22H29N3O2/c26-21(25-7-9-27-10-8-25)17-13-23-20(19-16-2-1-15(11-16)18(17)19)24-22-5-3-14(12-22)4-6-22/h13-16H,1-12H2,(H,23,24). The molecule has 0 spiro atoms. The maximum absolute atomic E-state index is 13.2. The third kappa shape index (κ3) is 2.47. The number of aromatic nitrogens is 1. The van der Waals surface area contributed by atoms with E-state index in [4.69, 9.17) is 9.72 Å². The summed E-state index contributed by atoms with van der Waals surface area (Å²) in [5.74, 6) is 3.36. The Bertz CT molecular complexity index is 778. The lowest BCUT2D eigenvalue weighted by Crippen LogP contribution is -2.41. The average molecular weight is 367 g/mol. The summed E-state index contributed by atoms with van der Waals surface area (Å²) in [6, 6.07) is 0. The van der Waals surface area contributed by atoms with Gasteiger partial charge >= 0.3 is 0 Å². The minimum absolute atomic E-state index is 0.168. The fraction of sp³-hybridized carbons (Fsp3) is 0.727. The summed E-state index contributed by atoms with van der Waals surface area (Å²) in [5, 5.41) is 3.92. The molecule has 1 aliphatic heterocycles. The fourth-order valence-corrected chi connectivity index (χ4v) is 6.72. The number of nitrogens with zero attached hydrogens (tertiary/aromatic N) is 2. The van der Waals surface area contributed by atoms with Crippen molar-refractivity contribution in [2.75, 3.05) is 31.6 Å². The summed E-state index contributed by atoms with van der Waals surface area (Å²) in [7, 11) is 0. The Kier molecular flexibility index (Phi) is 3.59. The lowest BCUT2D eigenvalue weighted by atomic mass is 9.87. The van der Waals surface area contributed by atoms with E-state index in [0.29, 0.717) is 38.1 Å². The summed E-state index contributed by atoms with van der Waals surface area (Å²) in [6.45, 7) is 2.70. The van der Waals surface area contributed by atoms with Gasteiger partial charge in [-0.2, -0.15) is 0 Å². The quantitative estimate of drug-likeness (QED) is 0.886. The smallest absolute Gasteiger partial charge is 0.255 e. The molecule has 27 heavy (non-hydrogen) atoms. The van der Waals surface area contributed by atoms with Crippen LogP contribution in [0.3, 0.4) is 0 Å². The van der Waals surface area contributed by atoms with E-state index < -0.39 is 0 Å². The van der Waals surface area contributed by atoms with Crippen molar-refractivity contribution in [1.29, 1.82) is 0 Å². The molecule has 144 valence electrons. The molecule has 1 aromatic heterocycles. The zero-order chi connectivity index (χ0) is 18.0. The van der Waals surface area contributed by atoms with E-state index in [0.717, 1.165) is 17.3 Å². The lowest BCUT2D eigenvalue weighted by Gasteiger charge is -2.32. The van der Waals surface area contributed by atoms with Gasteiger partial charge in [0.05, 0.1) is 18.8 Å². The van der Waals surface area contributed by atoms with Crippen molar-refractivity contribution in [2.24, 2.45) is 5.92 Å². The van der Waals surface area contributed by atoms with Crippen LogP contribution in [-0.4, -0.2) is 47.6 Å². The maximum Gasteiger partial charge on any atom is 0.255 e. The molecule has 3 saturated carbocycles. The van der Waals surface area contributed by atoms with E-state index in [1.807, 2.05) is 11.1 Å². The predicted octanol–water partition coefficient (Wildman–Crippen LogP) is 3.66. The first-order valence-electron chi connectivity index (χ1n) is 10.9. The molecule has 1 aromatic rings. The van der Waals surface area contributed by atoms with Gasteiger partial charge in [0, 0.05) is 30.4 Å². The molecule has 5 aliphatic rings. The number of nitrogens with one attached hydrogen (secondary N) is 1. The van der Waals surface area contributed by atoms with Gasteiger partial charge in [0.25, 0.3) is 5.91 Å².